The molecule has 4 nitrogen and oxygen atoms in total. The molecular weight excluding hydrogens is 233 g/mol. The van der Waals surface area contributed by atoms with E-state index in [0.717, 1.165) is 42.2 Å². The molecule has 5 N–H and O–H groups in total. The molecule has 0 radical (unpaired) electrons. The second kappa shape index (κ2) is 3.94. The number of nitrogens with two attached hydrogens (primary N) is 1. The average Bonchev–Trinajstić information content (AvgIpc) is 2.81. The number of phenols is 1. The van der Waals surface area contributed by atoms with Crippen molar-refractivity contribution in [1.82, 2.24) is 10.9 Å². The van der Waals surface area contributed by atoms with E-state index in [4.69, 9.17) is 5.73 Å². The highest BCUT2D eigenvalue weighted by Crippen LogP contribution is 2.39. The van der Waals surface area contributed by atoms with Crippen molar-refractivity contribution >= 4 is 5.70 Å². The number of allylic oxidation sites excluding steroid dienone is 2. The number of aromatic hydroxyl groups is 1. The highest BCUT2D eigenvalue weighted by molar-refractivity contribution is 5.76. The Labute approximate surface area is 104 Å². The molecule has 94 valence electrons. The molecule has 18 heavy (non-hydrogen) atoms. The van der Waals surface area contributed by atoms with Crippen molar-refractivity contribution in [2.75, 3.05) is 0 Å². The summed E-state index contributed by atoms with van der Waals surface area (Å²) in [6, 6.07) is 4.01. The molecule has 1 aromatic carbocycles. The van der Waals surface area contributed by atoms with Crippen molar-refractivity contribution in [3.05, 3.63) is 46.5 Å². The summed E-state index contributed by atoms with van der Waals surface area (Å²) in [6.45, 7) is 0. The molecule has 1 aromatic rings. The molecule has 0 bridgehead atoms. The quantitative estimate of drug-likeness (QED) is 0.609. The van der Waals surface area contributed by atoms with Gasteiger partial charge in [0, 0.05) is 11.6 Å². The van der Waals surface area contributed by atoms with E-state index < -0.39 is 5.82 Å². The van der Waals surface area contributed by atoms with Gasteiger partial charge in [0.25, 0.3) is 0 Å². The predicted molar refractivity (Wildman–Crippen MR) is 66.3 cm³/mol. The molecule has 2 aliphatic rings. The first-order chi connectivity index (χ1) is 8.66. The SMILES string of the molecule is NC1=C2CCCC2=C(c2ccc(F)cc2O)NN1. The smallest absolute Gasteiger partial charge is 0.127 e. The first kappa shape index (κ1) is 11.0. The van der Waals surface area contributed by atoms with Gasteiger partial charge in [-0.1, -0.05) is 0 Å². The zero-order valence-corrected chi connectivity index (χ0v) is 9.76. The van der Waals surface area contributed by atoms with Gasteiger partial charge >= 0.3 is 0 Å². The number of fused-ring (bicyclic) bond motifs is 1. The van der Waals surface area contributed by atoms with Crippen LogP contribution in [0.25, 0.3) is 5.70 Å². The third-order valence-electron chi connectivity index (χ3n) is 3.40. The fourth-order valence-corrected chi connectivity index (χ4v) is 2.54. The van der Waals surface area contributed by atoms with E-state index in [9.17, 15) is 9.50 Å². The Morgan fingerprint density at radius 2 is 1.94 bits per heavy atom. The number of hydrogen-bond acceptors (Lipinski definition) is 4. The standard InChI is InChI=1S/C13H14FN3O/c14-7-4-5-10(11(18)6-7)12-8-2-1-3-9(8)13(15)17-16-12/h4-6,16-18H,1-3,15H2. The molecule has 0 aromatic heterocycles. The van der Waals surface area contributed by atoms with E-state index in [-0.39, 0.29) is 5.75 Å². The fraction of sp³-hybridized carbons (Fsp3) is 0.231. The number of hydrazine groups is 1. The van der Waals surface area contributed by atoms with E-state index in [1.54, 1.807) is 6.07 Å². The summed E-state index contributed by atoms with van der Waals surface area (Å²) in [5.41, 5.74) is 15.3. The maximum atomic E-state index is 13.0. The summed E-state index contributed by atoms with van der Waals surface area (Å²) in [7, 11) is 0. The minimum atomic E-state index is -0.452. The molecule has 1 heterocycles. The zero-order chi connectivity index (χ0) is 12.7. The summed E-state index contributed by atoms with van der Waals surface area (Å²) >= 11 is 0. The Bertz CT molecular complexity index is 578. The van der Waals surface area contributed by atoms with Crippen molar-refractivity contribution < 1.29 is 9.50 Å². The zero-order valence-electron chi connectivity index (χ0n) is 9.76. The average molecular weight is 247 g/mol. The minimum absolute atomic E-state index is 0.0708. The highest BCUT2D eigenvalue weighted by Gasteiger charge is 2.26. The number of hydrogen-bond donors (Lipinski definition) is 4. The lowest BCUT2D eigenvalue weighted by molar-refractivity contribution is 0.466. The second-order valence-corrected chi connectivity index (χ2v) is 4.51. The molecule has 5 heteroatoms. The van der Waals surface area contributed by atoms with Crippen LogP contribution in [0.3, 0.4) is 0 Å². The van der Waals surface area contributed by atoms with Gasteiger partial charge in [-0.15, -0.1) is 0 Å². The van der Waals surface area contributed by atoms with Crippen LogP contribution in [0.15, 0.2) is 35.2 Å². The molecule has 1 aliphatic heterocycles. The number of rotatable bonds is 1. The number of halogens is 1. The van der Waals surface area contributed by atoms with Crippen LogP contribution in [0.1, 0.15) is 24.8 Å². The maximum absolute atomic E-state index is 13.0. The highest BCUT2D eigenvalue weighted by atomic mass is 19.1. The molecule has 0 atom stereocenters. The normalized spacial score (nSPS) is 18.5. The van der Waals surface area contributed by atoms with E-state index in [2.05, 4.69) is 10.9 Å². The van der Waals surface area contributed by atoms with Crippen LogP contribution in [0.5, 0.6) is 5.75 Å². The Hall–Kier alpha value is -2.17. The van der Waals surface area contributed by atoms with E-state index in [1.165, 1.54) is 6.07 Å². The summed E-state index contributed by atoms with van der Waals surface area (Å²) in [5.74, 6) is 0.110. The summed E-state index contributed by atoms with van der Waals surface area (Å²) in [4.78, 5) is 0. The number of benzene rings is 1. The maximum Gasteiger partial charge on any atom is 0.127 e. The van der Waals surface area contributed by atoms with Gasteiger partial charge in [0.2, 0.25) is 0 Å². The molecule has 0 amide bonds. The summed E-state index contributed by atoms with van der Waals surface area (Å²) in [5, 5.41) is 9.84. The van der Waals surface area contributed by atoms with Crippen molar-refractivity contribution in [1.29, 1.82) is 0 Å². The molecule has 1 saturated carbocycles. The predicted octanol–water partition coefficient (Wildman–Crippen LogP) is 1.70. The molecule has 1 aliphatic carbocycles. The van der Waals surface area contributed by atoms with Gasteiger partial charge in [0.15, 0.2) is 0 Å². The van der Waals surface area contributed by atoms with Crippen LogP contribution in [-0.2, 0) is 0 Å². The molecular formula is C13H14FN3O. The van der Waals surface area contributed by atoms with E-state index >= 15 is 0 Å². The monoisotopic (exact) mass is 247 g/mol. The van der Waals surface area contributed by atoms with Crippen molar-refractivity contribution in [3.8, 4) is 5.75 Å². The topological polar surface area (TPSA) is 70.3 Å². The Morgan fingerprint density at radius 3 is 2.72 bits per heavy atom. The van der Waals surface area contributed by atoms with E-state index in [1.807, 2.05) is 0 Å². The lowest BCUT2D eigenvalue weighted by Gasteiger charge is -2.24. The summed E-state index contributed by atoms with van der Waals surface area (Å²) in [6.07, 6.45) is 2.89. The first-order valence-electron chi connectivity index (χ1n) is 5.90. The van der Waals surface area contributed by atoms with Crippen LogP contribution >= 0.6 is 0 Å². The molecule has 0 saturated heterocycles. The summed E-state index contributed by atoms with van der Waals surface area (Å²) < 4.78 is 13.0. The van der Waals surface area contributed by atoms with Crippen molar-refractivity contribution in [2.45, 2.75) is 19.3 Å². The first-order valence-corrected chi connectivity index (χ1v) is 5.90. The van der Waals surface area contributed by atoms with Gasteiger partial charge in [-0.25, -0.2) is 4.39 Å². The lowest BCUT2D eigenvalue weighted by Crippen LogP contribution is -2.38. The minimum Gasteiger partial charge on any atom is -0.507 e. The van der Waals surface area contributed by atoms with Crippen LogP contribution in [-0.4, -0.2) is 5.11 Å². The van der Waals surface area contributed by atoms with Crippen molar-refractivity contribution in [2.24, 2.45) is 5.73 Å². The Morgan fingerprint density at radius 1 is 1.17 bits per heavy atom. The number of phenolic OH excluding ortho intramolecular Hbond substituents is 1. The third-order valence-corrected chi connectivity index (χ3v) is 3.40. The van der Waals surface area contributed by atoms with Gasteiger partial charge in [-0.3, -0.25) is 10.9 Å². The lowest BCUT2D eigenvalue weighted by atomic mass is 10.00. The van der Waals surface area contributed by atoms with Gasteiger partial charge in [-0.05, 0) is 42.5 Å². The van der Waals surface area contributed by atoms with Gasteiger partial charge < -0.3 is 10.8 Å². The van der Waals surface area contributed by atoms with Crippen LogP contribution in [0, 0.1) is 5.82 Å². The van der Waals surface area contributed by atoms with E-state index in [0.29, 0.717) is 11.4 Å². The second-order valence-electron chi connectivity index (χ2n) is 4.51. The largest absolute Gasteiger partial charge is 0.507 e. The van der Waals surface area contributed by atoms with Crippen LogP contribution < -0.4 is 16.6 Å². The van der Waals surface area contributed by atoms with Crippen LogP contribution in [0.2, 0.25) is 0 Å². The third kappa shape index (κ3) is 1.59. The Balaban J connectivity index is 2.14. The molecule has 0 spiro atoms. The molecule has 3 rings (SSSR count). The molecule has 0 unspecified atom stereocenters. The van der Waals surface area contributed by atoms with Gasteiger partial charge in [0.05, 0.1) is 5.70 Å². The van der Waals surface area contributed by atoms with Gasteiger partial charge in [0.1, 0.15) is 17.4 Å². The Kier molecular flexibility index (Phi) is 2.40. The fourth-order valence-electron chi connectivity index (χ4n) is 2.54. The molecule has 1 fully saturated rings. The number of nitrogens with one attached hydrogen (secondary N) is 2. The van der Waals surface area contributed by atoms with Crippen LogP contribution in [0.4, 0.5) is 4.39 Å². The van der Waals surface area contributed by atoms with Gasteiger partial charge in [-0.2, -0.15) is 0 Å². The van der Waals surface area contributed by atoms with Crippen molar-refractivity contribution in [3.63, 3.8) is 0 Å².